The van der Waals surface area contributed by atoms with Gasteiger partial charge in [0.1, 0.15) is 11.0 Å². The number of aryl methyl sites for hydroxylation is 1. The van der Waals surface area contributed by atoms with Gasteiger partial charge in [0.15, 0.2) is 0 Å². The van der Waals surface area contributed by atoms with E-state index in [2.05, 4.69) is 82.6 Å². The fraction of sp³-hybridized carbons (Fsp3) is 0.226. The van der Waals surface area contributed by atoms with Crippen molar-refractivity contribution in [1.82, 2.24) is 9.88 Å². The van der Waals surface area contributed by atoms with Crippen molar-refractivity contribution < 1.29 is 0 Å². The first-order valence-electron chi connectivity index (χ1n) is 12.2. The van der Waals surface area contributed by atoms with Crippen LogP contribution in [0.25, 0.3) is 0 Å². The summed E-state index contributed by atoms with van der Waals surface area (Å²) in [6, 6.07) is 24.9. The highest BCUT2D eigenvalue weighted by molar-refractivity contribution is 6.29. The standard InChI is InChI=1S/C29H28ClN3.C2H6/c1-22(15-16-24-10-5-3-6-11-24)29(26-12-7-4-8-13-26)23(2)33(28-14-9-19-31-28)21-25-17-18-27(30)32-20-25;1-2/h3-13,17-20,29H,1-2,14-16,21H2;1-2H3. The summed E-state index contributed by atoms with van der Waals surface area (Å²) in [5, 5.41) is 0.487. The monoisotopic (exact) mass is 483 g/mol. The molecular formula is C31H34ClN3. The van der Waals surface area contributed by atoms with Gasteiger partial charge in [-0.2, -0.15) is 0 Å². The number of nitrogens with zero attached hydrogens (tertiary/aromatic N) is 3. The molecule has 0 amide bonds. The van der Waals surface area contributed by atoms with Gasteiger partial charge in [-0.15, -0.1) is 0 Å². The van der Waals surface area contributed by atoms with Gasteiger partial charge in [0.05, 0.1) is 6.54 Å². The van der Waals surface area contributed by atoms with E-state index in [9.17, 15) is 0 Å². The molecule has 1 aliphatic rings. The van der Waals surface area contributed by atoms with Crippen LogP contribution in [0.2, 0.25) is 5.15 Å². The van der Waals surface area contributed by atoms with Gasteiger partial charge in [0.25, 0.3) is 0 Å². The van der Waals surface area contributed by atoms with E-state index in [0.717, 1.165) is 41.9 Å². The van der Waals surface area contributed by atoms with Crippen LogP contribution in [-0.4, -0.2) is 15.7 Å². The average molecular weight is 484 g/mol. The molecular weight excluding hydrogens is 450 g/mol. The van der Waals surface area contributed by atoms with E-state index in [1.54, 1.807) is 0 Å². The van der Waals surface area contributed by atoms with Crippen LogP contribution in [-0.2, 0) is 13.0 Å². The van der Waals surface area contributed by atoms with Crippen molar-refractivity contribution in [2.75, 3.05) is 0 Å². The smallest absolute Gasteiger partial charge is 0.129 e. The fourth-order valence-electron chi connectivity index (χ4n) is 4.13. The van der Waals surface area contributed by atoms with Crippen molar-refractivity contribution in [3.63, 3.8) is 0 Å². The van der Waals surface area contributed by atoms with Crippen molar-refractivity contribution in [2.45, 2.75) is 45.6 Å². The van der Waals surface area contributed by atoms with Crippen molar-refractivity contribution in [1.29, 1.82) is 0 Å². The second-order valence-corrected chi connectivity index (χ2v) is 8.58. The summed E-state index contributed by atoms with van der Waals surface area (Å²) in [5.41, 5.74) is 5.66. The highest BCUT2D eigenvalue weighted by Crippen LogP contribution is 2.36. The number of rotatable bonds is 9. The second kappa shape index (κ2) is 13.5. The molecule has 0 bridgehead atoms. The van der Waals surface area contributed by atoms with Gasteiger partial charge in [0, 0.05) is 30.4 Å². The van der Waals surface area contributed by atoms with Crippen LogP contribution in [0.15, 0.2) is 121 Å². The van der Waals surface area contributed by atoms with Crippen LogP contribution >= 0.6 is 11.6 Å². The summed E-state index contributed by atoms with van der Waals surface area (Å²) >= 11 is 6.01. The predicted molar refractivity (Wildman–Crippen MR) is 150 cm³/mol. The molecule has 4 heteroatoms. The molecule has 1 aliphatic heterocycles. The molecule has 0 N–H and O–H groups in total. The number of aliphatic imine (C=N–C) groups is 1. The van der Waals surface area contributed by atoms with Gasteiger partial charge in [-0.1, -0.05) is 117 Å². The van der Waals surface area contributed by atoms with Crippen LogP contribution in [0.3, 0.4) is 0 Å². The van der Waals surface area contributed by atoms with E-state index in [1.807, 2.05) is 50.5 Å². The highest BCUT2D eigenvalue weighted by atomic mass is 35.5. The van der Waals surface area contributed by atoms with E-state index < -0.39 is 0 Å². The molecule has 1 aromatic heterocycles. The minimum atomic E-state index is -0.0153. The van der Waals surface area contributed by atoms with Gasteiger partial charge < -0.3 is 4.90 Å². The van der Waals surface area contributed by atoms with Crippen LogP contribution < -0.4 is 0 Å². The molecule has 1 unspecified atom stereocenters. The summed E-state index contributed by atoms with van der Waals surface area (Å²) < 4.78 is 0. The zero-order chi connectivity index (χ0) is 25.0. The van der Waals surface area contributed by atoms with Crippen molar-refractivity contribution in [3.8, 4) is 0 Å². The first-order valence-corrected chi connectivity index (χ1v) is 12.5. The first-order chi connectivity index (χ1) is 17.1. The first kappa shape index (κ1) is 26.2. The molecule has 2 aromatic carbocycles. The molecule has 35 heavy (non-hydrogen) atoms. The number of halogens is 1. The maximum absolute atomic E-state index is 6.01. The molecule has 0 saturated carbocycles. The molecule has 3 aromatic rings. The Labute approximate surface area is 215 Å². The summed E-state index contributed by atoms with van der Waals surface area (Å²) in [4.78, 5) is 11.1. The largest absolute Gasteiger partial charge is 0.329 e. The molecule has 0 saturated heterocycles. The van der Waals surface area contributed by atoms with Gasteiger partial charge in [-0.25, -0.2) is 9.98 Å². The maximum Gasteiger partial charge on any atom is 0.129 e. The Morgan fingerprint density at radius 3 is 2.23 bits per heavy atom. The molecule has 0 radical (unpaired) electrons. The van der Waals surface area contributed by atoms with Crippen LogP contribution in [0.5, 0.6) is 0 Å². The van der Waals surface area contributed by atoms with E-state index in [-0.39, 0.29) is 5.92 Å². The zero-order valence-electron chi connectivity index (χ0n) is 20.7. The van der Waals surface area contributed by atoms with Gasteiger partial charge >= 0.3 is 0 Å². The lowest BCUT2D eigenvalue weighted by Gasteiger charge is -2.33. The number of amidine groups is 1. The lowest BCUT2D eigenvalue weighted by Crippen LogP contribution is -2.31. The quantitative estimate of drug-likeness (QED) is 0.226. The Bertz CT molecular complexity index is 1150. The number of hydrogen-bond acceptors (Lipinski definition) is 3. The Morgan fingerprint density at radius 1 is 0.943 bits per heavy atom. The molecule has 2 heterocycles. The Morgan fingerprint density at radius 2 is 1.63 bits per heavy atom. The molecule has 0 aliphatic carbocycles. The molecule has 4 rings (SSSR count). The van der Waals surface area contributed by atoms with Crippen molar-refractivity contribution in [2.24, 2.45) is 4.99 Å². The molecule has 3 nitrogen and oxygen atoms in total. The fourth-order valence-corrected chi connectivity index (χ4v) is 4.24. The topological polar surface area (TPSA) is 28.5 Å². The minimum absolute atomic E-state index is 0.0153. The highest BCUT2D eigenvalue weighted by Gasteiger charge is 2.26. The zero-order valence-corrected chi connectivity index (χ0v) is 21.5. The third-order valence-electron chi connectivity index (χ3n) is 5.87. The van der Waals surface area contributed by atoms with Crippen molar-refractivity contribution in [3.05, 3.63) is 138 Å². The third kappa shape index (κ3) is 7.27. The number of hydrogen-bond donors (Lipinski definition) is 0. The molecule has 1 atom stereocenters. The second-order valence-electron chi connectivity index (χ2n) is 8.19. The Balaban J connectivity index is 0.00000167. The summed E-state index contributed by atoms with van der Waals surface area (Å²) in [6.07, 6.45) is 8.34. The molecule has 0 spiro atoms. The Kier molecular flexibility index (Phi) is 10.1. The van der Waals surface area contributed by atoms with Crippen LogP contribution in [0.4, 0.5) is 0 Å². The summed E-state index contributed by atoms with van der Waals surface area (Å²) in [7, 11) is 0. The number of benzene rings is 2. The van der Waals surface area contributed by atoms with Crippen molar-refractivity contribution >= 4 is 17.4 Å². The van der Waals surface area contributed by atoms with E-state index in [0.29, 0.717) is 11.7 Å². The SMILES string of the molecule is C=C(CCc1ccccc1)C(C(=C)N(Cc1ccc(Cl)nc1)C1=NC=CC1)c1ccccc1.CC. The van der Waals surface area contributed by atoms with E-state index in [1.165, 1.54) is 11.1 Å². The maximum atomic E-state index is 6.01. The minimum Gasteiger partial charge on any atom is -0.329 e. The Hall–Kier alpha value is -3.43. The number of allylic oxidation sites excluding steroid dienone is 1. The van der Waals surface area contributed by atoms with Gasteiger partial charge in [-0.05, 0) is 35.6 Å². The van der Waals surface area contributed by atoms with Gasteiger partial charge in [0.2, 0.25) is 0 Å². The summed E-state index contributed by atoms with van der Waals surface area (Å²) in [6.45, 7) is 13.7. The number of aromatic nitrogens is 1. The molecule has 0 fully saturated rings. The lowest BCUT2D eigenvalue weighted by molar-refractivity contribution is 0.470. The van der Waals surface area contributed by atoms with Crippen LogP contribution in [0, 0.1) is 0 Å². The predicted octanol–water partition coefficient (Wildman–Crippen LogP) is 8.37. The number of pyridine rings is 1. The van der Waals surface area contributed by atoms with Gasteiger partial charge in [-0.3, -0.25) is 0 Å². The lowest BCUT2D eigenvalue weighted by atomic mass is 9.85. The van der Waals surface area contributed by atoms with E-state index >= 15 is 0 Å². The average Bonchev–Trinajstić information content (AvgIpc) is 3.44. The normalized spacial score (nSPS) is 12.8. The molecule has 180 valence electrons. The summed E-state index contributed by atoms with van der Waals surface area (Å²) in [5.74, 6) is 0.963. The van der Waals surface area contributed by atoms with E-state index in [4.69, 9.17) is 11.6 Å². The van der Waals surface area contributed by atoms with Crippen LogP contribution in [0.1, 0.15) is 49.3 Å². The third-order valence-corrected chi connectivity index (χ3v) is 6.09.